The summed E-state index contributed by atoms with van der Waals surface area (Å²) in [5.74, 6) is 0.701. The van der Waals surface area contributed by atoms with Crippen LogP contribution in [0.2, 0.25) is 0 Å². The Balaban J connectivity index is 2.47. The third kappa shape index (κ3) is 7.77. The van der Waals surface area contributed by atoms with Crippen molar-refractivity contribution in [3.8, 4) is 0 Å². The average molecular weight is 336 g/mol. The predicted octanol–water partition coefficient (Wildman–Crippen LogP) is 3.34. The number of unbranched alkanes of at least 4 members (excludes halogenated alkanes) is 1. The lowest BCUT2D eigenvalue weighted by molar-refractivity contribution is 0.269. The molecule has 0 saturated heterocycles. The zero-order valence-corrected chi connectivity index (χ0v) is 15.8. The van der Waals surface area contributed by atoms with E-state index in [1.54, 1.807) is 0 Å². The SMILES string of the molecule is CCNC(=NCCCCN(C)C(C)C)N(C)Cc1ccc(F)cc1. The maximum atomic E-state index is 13.0. The van der Waals surface area contributed by atoms with Crippen LogP contribution in [0.15, 0.2) is 29.3 Å². The molecule has 5 heteroatoms. The van der Waals surface area contributed by atoms with Crippen molar-refractivity contribution in [3.05, 3.63) is 35.6 Å². The van der Waals surface area contributed by atoms with Crippen molar-refractivity contribution in [1.82, 2.24) is 15.1 Å². The zero-order chi connectivity index (χ0) is 17.9. The van der Waals surface area contributed by atoms with Crippen molar-refractivity contribution < 1.29 is 4.39 Å². The molecule has 24 heavy (non-hydrogen) atoms. The number of nitrogens with zero attached hydrogens (tertiary/aromatic N) is 3. The Hall–Kier alpha value is -1.62. The molecule has 0 amide bonds. The fraction of sp³-hybridized carbons (Fsp3) is 0.632. The van der Waals surface area contributed by atoms with Gasteiger partial charge in [0.25, 0.3) is 0 Å². The Kier molecular flexibility index (Phi) is 9.38. The minimum absolute atomic E-state index is 0.201. The summed E-state index contributed by atoms with van der Waals surface area (Å²) in [7, 11) is 4.17. The highest BCUT2D eigenvalue weighted by molar-refractivity contribution is 5.79. The van der Waals surface area contributed by atoms with Gasteiger partial charge in [0.2, 0.25) is 0 Å². The van der Waals surface area contributed by atoms with Crippen LogP contribution in [-0.4, -0.2) is 55.5 Å². The van der Waals surface area contributed by atoms with Crippen LogP contribution >= 0.6 is 0 Å². The molecule has 136 valence electrons. The first-order valence-corrected chi connectivity index (χ1v) is 8.88. The molecule has 0 bridgehead atoms. The molecule has 0 unspecified atom stereocenters. The van der Waals surface area contributed by atoms with Crippen molar-refractivity contribution in [2.24, 2.45) is 4.99 Å². The number of hydrogen-bond acceptors (Lipinski definition) is 2. The Labute approximate surface area is 146 Å². The maximum absolute atomic E-state index is 13.0. The third-order valence-electron chi connectivity index (χ3n) is 4.09. The molecule has 1 N–H and O–H groups in total. The Morgan fingerprint density at radius 1 is 1.17 bits per heavy atom. The lowest BCUT2D eigenvalue weighted by atomic mass is 10.2. The van der Waals surface area contributed by atoms with Crippen LogP contribution in [0, 0.1) is 5.82 Å². The zero-order valence-electron chi connectivity index (χ0n) is 15.8. The summed E-state index contributed by atoms with van der Waals surface area (Å²) in [6, 6.07) is 7.22. The van der Waals surface area contributed by atoms with Crippen molar-refractivity contribution >= 4 is 5.96 Å². The topological polar surface area (TPSA) is 30.9 Å². The van der Waals surface area contributed by atoms with E-state index >= 15 is 0 Å². The molecule has 1 rings (SSSR count). The Morgan fingerprint density at radius 2 is 1.83 bits per heavy atom. The summed E-state index contributed by atoms with van der Waals surface area (Å²) >= 11 is 0. The molecule has 1 aromatic carbocycles. The summed E-state index contributed by atoms with van der Waals surface area (Å²) in [6.07, 6.45) is 2.23. The minimum atomic E-state index is -0.201. The van der Waals surface area contributed by atoms with E-state index in [0.717, 1.165) is 44.0 Å². The molecule has 0 aliphatic rings. The van der Waals surface area contributed by atoms with Gasteiger partial charge in [-0.2, -0.15) is 0 Å². The molecule has 0 fully saturated rings. The van der Waals surface area contributed by atoms with Gasteiger partial charge < -0.3 is 15.1 Å². The number of hydrogen-bond donors (Lipinski definition) is 1. The summed E-state index contributed by atoms with van der Waals surface area (Å²) in [5, 5.41) is 3.32. The number of rotatable bonds is 9. The van der Waals surface area contributed by atoms with Crippen molar-refractivity contribution in [2.75, 3.05) is 33.7 Å². The highest BCUT2D eigenvalue weighted by atomic mass is 19.1. The second kappa shape index (κ2) is 11.0. The molecule has 1 aromatic rings. The third-order valence-corrected chi connectivity index (χ3v) is 4.09. The fourth-order valence-electron chi connectivity index (χ4n) is 2.32. The van der Waals surface area contributed by atoms with Crippen molar-refractivity contribution in [1.29, 1.82) is 0 Å². The molecule has 0 atom stereocenters. The van der Waals surface area contributed by atoms with Crippen molar-refractivity contribution in [3.63, 3.8) is 0 Å². The second-order valence-electron chi connectivity index (χ2n) is 6.50. The van der Waals surface area contributed by atoms with E-state index in [9.17, 15) is 4.39 Å². The second-order valence-corrected chi connectivity index (χ2v) is 6.50. The standard InChI is InChI=1S/C19H33FN4/c1-6-21-19(22-13-7-8-14-23(4)16(2)3)24(5)15-17-9-11-18(20)12-10-17/h9-12,16H,6-8,13-15H2,1-5H3,(H,21,22). The number of halogens is 1. The lowest BCUT2D eigenvalue weighted by Gasteiger charge is -2.22. The smallest absolute Gasteiger partial charge is 0.193 e. The average Bonchev–Trinajstić information content (AvgIpc) is 2.55. The largest absolute Gasteiger partial charge is 0.357 e. The number of guanidine groups is 1. The monoisotopic (exact) mass is 336 g/mol. The highest BCUT2D eigenvalue weighted by Gasteiger charge is 2.07. The fourth-order valence-corrected chi connectivity index (χ4v) is 2.32. The molecule has 0 spiro atoms. The van der Waals surface area contributed by atoms with Crippen LogP contribution in [0.25, 0.3) is 0 Å². The molecule has 0 aliphatic carbocycles. The minimum Gasteiger partial charge on any atom is -0.357 e. The van der Waals surface area contributed by atoms with E-state index in [2.05, 4.69) is 42.9 Å². The van der Waals surface area contributed by atoms with Gasteiger partial charge in [-0.1, -0.05) is 12.1 Å². The molecule has 0 heterocycles. The van der Waals surface area contributed by atoms with E-state index in [1.165, 1.54) is 12.1 Å². The number of aliphatic imine (C=N–C) groups is 1. The van der Waals surface area contributed by atoms with Gasteiger partial charge in [0.15, 0.2) is 5.96 Å². The lowest BCUT2D eigenvalue weighted by Crippen LogP contribution is -2.38. The maximum Gasteiger partial charge on any atom is 0.193 e. The van der Waals surface area contributed by atoms with Crippen molar-refractivity contribution in [2.45, 2.75) is 46.2 Å². The molecule has 0 aliphatic heterocycles. The first kappa shape index (κ1) is 20.4. The molecule has 4 nitrogen and oxygen atoms in total. The summed E-state index contributed by atoms with van der Waals surface area (Å²) in [5.41, 5.74) is 1.07. The van der Waals surface area contributed by atoms with Gasteiger partial charge in [-0.15, -0.1) is 0 Å². The van der Waals surface area contributed by atoms with Gasteiger partial charge in [0.1, 0.15) is 5.82 Å². The van der Waals surface area contributed by atoms with E-state index < -0.39 is 0 Å². The Morgan fingerprint density at radius 3 is 2.42 bits per heavy atom. The first-order valence-electron chi connectivity index (χ1n) is 8.88. The van der Waals surface area contributed by atoms with Crippen LogP contribution in [0.3, 0.4) is 0 Å². The predicted molar refractivity (Wildman–Crippen MR) is 101 cm³/mol. The first-order chi connectivity index (χ1) is 11.4. The molecule has 0 radical (unpaired) electrons. The van der Waals surface area contributed by atoms with Gasteiger partial charge in [-0.3, -0.25) is 4.99 Å². The van der Waals surface area contributed by atoms with E-state index in [0.29, 0.717) is 12.6 Å². The highest BCUT2D eigenvalue weighted by Crippen LogP contribution is 2.06. The quantitative estimate of drug-likeness (QED) is 0.426. The van der Waals surface area contributed by atoms with Gasteiger partial charge in [-0.05, 0) is 64.9 Å². The van der Waals surface area contributed by atoms with Crippen LogP contribution in [0.1, 0.15) is 39.2 Å². The normalized spacial score (nSPS) is 12.1. The van der Waals surface area contributed by atoms with E-state index in [4.69, 9.17) is 4.99 Å². The van der Waals surface area contributed by atoms with E-state index in [1.807, 2.05) is 19.2 Å². The van der Waals surface area contributed by atoms with Crippen LogP contribution in [0.5, 0.6) is 0 Å². The van der Waals surface area contributed by atoms with Crippen LogP contribution in [-0.2, 0) is 6.54 Å². The molecular weight excluding hydrogens is 303 g/mol. The van der Waals surface area contributed by atoms with Crippen LogP contribution in [0.4, 0.5) is 4.39 Å². The number of benzene rings is 1. The summed E-state index contributed by atoms with van der Waals surface area (Å²) < 4.78 is 13.0. The van der Waals surface area contributed by atoms with Gasteiger partial charge in [0.05, 0.1) is 0 Å². The molecular formula is C19H33FN4. The molecule has 0 saturated carbocycles. The molecule has 0 aromatic heterocycles. The van der Waals surface area contributed by atoms with E-state index in [-0.39, 0.29) is 5.82 Å². The van der Waals surface area contributed by atoms with Crippen LogP contribution < -0.4 is 5.32 Å². The van der Waals surface area contributed by atoms with Gasteiger partial charge in [0, 0.05) is 32.7 Å². The summed E-state index contributed by atoms with van der Waals surface area (Å²) in [6.45, 7) is 9.97. The van der Waals surface area contributed by atoms with Gasteiger partial charge in [-0.25, -0.2) is 4.39 Å². The number of nitrogens with one attached hydrogen (secondary N) is 1. The Bertz CT molecular complexity index is 485. The van der Waals surface area contributed by atoms with Gasteiger partial charge >= 0.3 is 0 Å². The summed E-state index contributed by atoms with van der Waals surface area (Å²) in [4.78, 5) is 9.14.